The number of rotatable bonds is 5. The number of carbonyl (C=O) groups excluding carboxylic acids is 1. The fourth-order valence-corrected chi connectivity index (χ4v) is 4.67. The molecule has 8 heteroatoms. The first-order valence-electron chi connectivity index (χ1n) is 10.3. The number of ether oxygens (including phenoxy) is 1. The molecule has 33 heavy (non-hydrogen) atoms. The summed E-state index contributed by atoms with van der Waals surface area (Å²) in [5, 5.41) is 0.404. The fraction of sp³-hybridized carbons (Fsp3) is 0.240. The Bertz CT molecular complexity index is 1270. The molecule has 0 saturated heterocycles. The van der Waals surface area contributed by atoms with Crippen LogP contribution >= 0.6 is 11.6 Å². The highest BCUT2D eigenvalue weighted by Crippen LogP contribution is 2.31. The number of halogens is 2. The average molecular weight is 489 g/mol. The zero-order valence-corrected chi connectivity index (χ0v) is 20.5. The molecule has 3 rings (SSSR count). The van der Waals surface area contributed by atoms with Crippen LogP contribution in [0.2, 0.25) is 0 Å². The molecule has 1 aliphatic rings. The average Bonchev–Trinajstić information content (AvgIpc) is 2.72. The molecule has 1 amide bonds. The maximum Gasteiger partial charge on any atom is 0.266 e. The lowest BCUT2D eigenvalue weighted by Crippen LogP contribution is -2.33. The maximum absolute atomic E-state index is 13.5. The molecule has 0 radical (unpaired) electrons. The van der Waals surface area contributed by atoms with Crippen LogP contribution in [0.25, 0.3) is 0 Å². The number of hydrogen-bond acceptors (Lipinski definition) is 4. The minimum Gasteiger partial charge on any atom is -0.456 e. The van der Waals surface area contributed by atoms with Gasteiger partial charge in [0.05, 0.1) is 15.3 Å². The molecular weight excluding hydrogens is 463 g/mol. The van der Waals surface area contributed by atoms with E-state index in [0.717, 1.165) is 22.8 Å². The second kappa shape index (κ2) is 9.93. The van der Waals surface area contributed by atoms with Crippen LogP contribution in [0.3, 0.4) is 0 Å². The summed E-state index contributed by atoms with van der Waals surface area (Å²) >= 11 is 6.33. The number of benzene rings is 1. The maximum atomic E-state index is 13.5. The van der Waals surface area contributed by atoms with E-state index < -0.39 is 21.6 Å². The number of nitrogens with zero attached hydrogens (tertiary/aromatic N) is 1. The highest BCUT2D eigenvalue weighted by atomic mass is 35.5. The Labute approximate surface area is 199 Å². The van der Waals surface area contributed by atoms with E-state index in [9.17, 15) is 13.4 Å². The molecule has 174 valence electrons. The van der Waals surface area contributed by atoms with E-state index in [1.165, 1.54) is 18.2 Å². The summed E-state index contributed by atoms with van der Waals surface area (Å²) in [6.07, 6.45) is 5.46. The van der Waals surface area contributed by atoms with Crippen LogP contribution in [0.4, 0.5) is 4.39 Å². The SMILES string of the molecule is C=S(=O)(NC(=O)C1=CC=C(Cl)[C@@H](C)CC=C1Oc1c(C)cc(C)cc1C)c1cccc(F)n1. The number of hydrogen-bond donors (Lipinski definition) is 1. The second-order valence-electron chi connectivity index (χ2n) is 8.07. The fourth-order valence-electron chi connectivity index (χ4n) is 3.47. The molecule has 5 nitrogen and oxygen atoms in total. The smallest absolute Gasteiger partial charge is 0.266 e. The van der Waals surface area contributed by atoms with Crippen molar-refractivity contribution in [2.24, 2.45) is 5.92 Å². The lowest BCUT2D eigenvalue weighted by molar-refractivity contribution is -0.115. The minimum atomic E-state index is -3.42. The number of allylic oxidation sites excluding steroid dienone is 4. The Kier molecular flexibility index (Phi) is 7.44. The monoisotopic (exact) mass is 488 g/mol. The van der Waals surface area contributed by atoms with Crippen LogP contribution < -0.4 is 9.46 Å². The van der Waals surface area contributed by atoms with Crippen molar-refractivity contribution >= 4 is 33.1 Å². The van der Waals surface area contributed by atoms with Crippen molar-refractivity contribution in [1.82, 2.24) is 9.71 Å². The van der Waals surface area contributed by atoms with Gasteiger partial charge >= 0.3 is 0 Å². The number of aromatic nitrogens is 1. The lowest BCUT2D eigenvalue weighted by atomic mass is 10.0. The van der Waals surface area contributed by atoms with Crippen molar-refractivity contribution in [3.8, 4) is 5.75 Å². The molecule has 1 unspecified atom stereocenters. The van der Waals surface area contributed by atoms with Gasteiger partial charge in [-0.15, -0.1) is 0 Å². The zero-order valence-electron chi connectivity index (χ0n) is 18.9. The topological polar surface area (TPSA) is 68.3 Å². The van der Waals surface area contributed by atoms with E-state index in [1.807, 2.05) is 39.8 Å². The quantitative estimate of drug-likeness (QED) is 0.458. The zero-order chi connectivity index (χ0) is 24.3. The molecule has 0 spiro atoms. The Balaban J connectivity index is 2.00. The number of pyridine rings is 1. The van der Waals surface area contributed by atoms with E-state index >= 15 is 0 Å². The van der Waals surface area contributed by atoms with Gasteiger partial charge in [-0.2, -0.15) is 4.39 Å². The molecule has 0 bridgehead atoms. The molecule has 0 aliphatic heterocycles. The summed E-state index contributed by atoms with van der Waals surface area (Å²) < 4.78 is 35.2. The highest BCUT2D eigenvalue weighted by Gasteiger charge is 2.24. The van der Waals surface area contributed by atoms with E-state index in [1.54, 1.807) is 12.2 Å². The van der Waals surface area contributed by atoms with E-state index in [-0.39, 0.29) is 16.5 Å². The normalized spacial score (nSPS) is 18.1. The van der Waals surface area contributed by atoms with Crippen LogP contribution in [0.15, 0.2) is 70.0 Å². The third-order valence-electron chi connectivity index (χ3n) is 5.15. The summed E-state index contributed by atoms with van der Waals surface area (Å²) in [7, 11) is -3.42. The van der Waals surface area contributed by atoms with Crippen LogP contribution in [-0.4, -0.2) is 21.0 Å². The lowest BCUT2D eigenvalue weighted by Gasteiger charge is -2.20. The van der Waals surface area contributed by atoms with E-state index in [0.29, 0.717) is 23.0 Å². The first-order valence-corrected chi connectivity index (χ1v) is 12.4. The van der Waals surface area contributed by atoms with Gasteiger partial charge in [-0.1, -0.05) is 42.3 Å². The summed E-state index contributed by atoms with van der Waals surface area (Å²) in [4.78, 5) is 16.8. The van der Waals surface area contributed by atoms with Gasteiger partial charge in [0.15, 0.2) is 0 Å². The standard InChI is InChI=1S/C25H26ClFN2O3S/c1-15-13-17(3)24(18(4)14-15)32-21-12-9-16(2)20(26)11-10-19(21)25(30)29-33(5,31)23-8-6-7-22(27)28-23/h6-8,10-14,16H,5,9H2,1-4H3,(H,29,30,31)/t16-,33?/m0/s1. The molecule has 0 saturated carbocycles. The van der Waals surface area contributed by atoms with Gasteiger partial charge < -0.3 is 4.74 Å². The molecule has 1 aromatic carbocycles. The second-order valence-corrected chi connectivity index (χ2v) is 10.5. The number of amides is 1. The highest BCUT2D eigenvalue weighted by molar-refractivity contribution is 7.99. The van der Waals surface area contributed by atoms with E-state index in [4.69, 9.17) is 16.3 Å². The molecule has 2 aromatic rings. The summed E-state index contributed by atoms with van der Waals surface area (Å²) in [6.45, 7) is 7.82. The number of aryl methyl sites for hydroxylation is 3. The van der Waals surface area contributed by atoms with Gasteiger partial charge in [-0.05, 0) is 80.5 Å². The molecule has 1 N–H and O–H groups in total. The third kappa shape index (κ3) is 5.92. The van der Waals surface area contributed by atoms with Gasteiger partial charge in [0.25, 0.3) is 5.91 Å². The Hall–Kier alpha value is -2.90. The predicted molar refractivity (Wildman–Crippen MR) is 131 cm³/mol. The Morgan fingerprint density at radius 1 is 1.24 bits per heavy atom. The Morgan fingerprint density at radius 3 is 2.55 bits per heavy atom. The van der Waals surface area contributed by atoms with Crippen molar-refractivity contribution in [2.45, 2.75) is 39.1 Å². The van der Waals surface area contributed by atoms with Gasteiger partial charge in [-0.3, -0.25) is 9.52 Å². The largest absolute Gasteiger partial charge is 0.456 e. The van der Waals surface area contributed by atoms with Gasteiger partial charge in [0.2, 0.25) is 5.95 Å². The van der Waals surface area contributed by atoms with E-state index in [2.05, 4.69) is 15.6 Å². The van der Waals surface area contributed by atoms with Gasteiger partial charge in [0, 0.05) is 5.03 Å². The molecule has 1 aromatic heterocycles. The van der Waals surface area contributed by atoms with Crippen molar-refractivity contribution in [3.05, 3.63) is 87.6 Å². The molecule has 0 fully saturated rings. The minimum absolute atomic E-state index is 0.0277. The Morgan fingerprint density at radius 2 is 1.91 bits per heavy atom. The van der Waals surface area contributed by atoms with Gasteiger partial charge in [0.1, 0.15) is 16.5 Å². The first kappa shape index (κ1) is 24.7. The number of carbonyl (C=O) groups is 1. The van der Waals surface area contributed by atoms with Crippen molar-refractivity contribution in [3.63, 3.8) is 0 Å². The molecule has 1 heterocycles. The van der Waals surface area contributed by atoms with Crippen molar-refractivity contribution in [1.29, 1.82) is 0 Å². The third-order valence-corrected chi connectivity index (χ3v) is 7.07. The van der Waals surface area contributed by atoms with Crippen molar-refractivity contribution < 1.29 is 18.1 Å². The molecule has 1 aliphatic carbocycles. The van der Waals surface area contributed by atoms with Crippen LogP contribution in [0, 0.1) is 32.6 Å². The molecular formula is C25H26ClFN2O3S. The van der Waals surface area contributed by atoms with Gasteiger partial charge in [-0.25, -0.2) is 9.19 Å². The van der Waals surface area contributed by atoms with Crippen molar-refractivity contribution in [2.75, 3.05) is 0 Å². The number of nitrogens with one attached hydrogen (secondary N) is 1. The summed E-state index contributed by atoms with van der Waals surface area (Å²) in [6, 6.07) is 7.80. The first-order chi connectivity index (χ1) is 15.5. The van der Waals surface area contributed by atoms with Crippen LogP contribution in [0.1, 0.15) is 30.0 Å². The molecule has 2 atom stereocenters. The van der Waals surface area contributed by atoms with Crippen LogP contribution in [-0.2, 0) is 14.5 Å². The predicted octanol–water partition coefficient (Wildman–Crippen LogP) is 5.30. The summed E-state index contributed by atoms with van der Waals surface area (Å²) in [5.41, 5.74) is 3.05. The van der Waals surface area contributed by atoms with Crippen LogP contribution in [0.5, 0.6) is 5.75 Å². The summed E-state index contributed by atoms with van der Waals surface area (Å²) in [5.74, 6) is 3.01.